The highest BCUT2D eigenvalue weighted by molar-refractivity contribution is 6.01. The van der Waals surface area contributed by atoms with Crippen LogP contribution in [0.25, 0.3) is 11.1 Å². The zero-order chi connectivity index (χ0) is 17.1. The smallest absolute Gasteiger partial charge is 0.254 e. The van der Waals surface area contributed by atoms with Gasteiger partial charge >= 0.3 is 0 Å². The van der Waals surface area contributed by atoms with Gasteiger partial charge in [0.25, 0.3) is 5.91 Å². The largest absolute Gasteiger partial charge is 0.334 e. The van der Waals surface area contributed by atoms with E-state index in [2.05, 4.69) is 46.6 Å². The van der Waals surface area contributed by atoms with Crippen LogP contribution in [0.4, 0.5) is 0 Å². The Morgan fingerprint density at radius 3 is 2.26 bits per heavy atom. The molecule has 0 aliphatic heterocycles. The maximum Gasteiger partial charge on any atom is 0.254 e. The Labute approximate surface area is 139 Å². The zero-order valence-electron chi connectivity index (χ0n) is 15.0. The molecule has 0 bridgehead atoms. The maximum absolute atomic E-state index is 13.1. The van der Waals surface area contributed by atoms with Crippen molar-refractivity contribution < 1.29 is 4.79 Å². The Balaban J connectivity index is 2.53. The van der Waals surface area contributed by atoms with Crippen molar-refractivity contribution in [1.29, 1.82) is 0 Å². The van der Waals surface area contributed by atoms with Crippen molar-refractivity contribution in [3.05, 3.63) is 41.7 Å². The second-order valence-corrected chi connectivity index (χ2v) is 6.40. The molecule has 0 unspecified atom stereocenters. The number of hydrogen-bond acceptors (Lipinski definition) is 2. The van der Waals surface area contributed by atoms with E-state index in [9.17, 15) is 4.79 Å². The number of aromatic nitrogens is 2. The van der Waals surface area contributed by atoms with E-state index >= 15 is 0 Å². The van der Waals surface area contributed by atoms with E-state index in [4.69, 9.17) is 0 Å². The molecular formula is C19H27N3O. The lowest BCUT2D eigenvalue weighted by Gasteiger charge is -2.31. The van der Waals surface area contributed by atoms with E-state index in [-0.39, 0.29) is 18.0 Å². The first-order valence-corrected chi connectivity index (χ1v) is 8.32. The molecule has 1 heterocycles. The first-order chi connectivity index (χ1) is 10.9. The van der Waals surface area contributed by atoms with Crippen molar-refractivity contribution in [3.8, 4) is 11.1 Å². The van der Waals surface area contributed by atoms with E-state index in [0.29, 0.717) is 0 Å². The number of carbonyl (C=O) groups is 1. The van der Waals surface area contributed by atoms with Gasteiger partial charge in [-0.2, -0.15) is 5.10 Å². The van der Waals surface area contributed by atoms with Crippen molar-refractivity contribution in [2.45, 2.75) is 60.2 Å². The van der Waals surface area contributed by atoms with E-state index in [1.165, 1.54) is 0 Å². The highest BCUT2D eigenvalue weighted by Gasteiger charge is 2.24. The summed E-state index contributed by atoms with van der Waals surface area (Å²) in [6, 6.07) is 8.15. The Hall–Kier alpha value is -2.10. The molecular weight excluding hydrogens is 286 g/mol. The summed E-state index contributed by atoms with van der Waals surface area (Å²) < 4.78 is 1.96. The first-order valence-electron chi connectivity index (χ1n) is 8.32. The zero-order valence-corrected chi connectivity index (χ0v) is 15.0. The van der Waals surface area contributed by atoms with Crippen molar-refractivity contribution >= 4 is 5.91 Å². The third kappa shape index (κ3) is 3.31. The van der Waals surface area contributed by atoms with Crippen molar-refractivity contribution in [1.82, 2.24) is 14.7 Å². The minimum atomic E-state index is 0.0780. The predicted molar refractivity (Wildman–Crippen MR) is 94.5 cm³/mol. The van der Waals surface area contributed by atoms with Gasteiger partial charge in [0.2, 0.25) is 0 Å². The average molecular weight is 313 g/mol. The van der Waals surface area contributed by atoms with E-state index < -0.39 is 0 Å². The molecule has 4 heteroatoms. The molecule has 1 amide bonds. The Kier molecular flexibility index (Phi) is 5.24. The van der Waals surface area contributed by atoms with Crippen LogP contribution in [0.15, 0.2) is 30.5 Å². The summed E-state index contributed by atoms with van der Waals surface area (Å²) in [6.45, 7) is 13.2. The lowest BCUT2D eigenvalue weighted by atomic mass is 9.98. The van der Waals surface area contributed by atoms with Gasteiger partial charge in [0, 0.05) is 35.4 Å². The molecule has 2 rings (SSSR count). The number of carbonyl (C=O) groups excluding carboxylic acids is 1. The first kappa shape index (κ1) is 17.3. The molecule has 4 nitrogen and oxygen atoms in total. The summed E-state index contributed by atoms with van der Waals surface area (Å²) in [5, 5.41) is 4.42. The van der Waals surface area contributed by atoms with E-state index in [1.807, 2.05) is 40.0 Å². The molecule has 0 fully saturated rings. The Bertz CT molecular complexity index is 678. The highest BCUT2D eigenvalue weighted by atomic mass is 16.2. The molecule has 0 aliphatic carbocycles. The van der Waals surface area contributed by atoms with Crippen LogP contribution in [0.2, 0.25) is 0 Å². The molecule has 0 spiro atoms. The Morgan fingerprint density at radius 2 is 1.74 bits per heavy atom. The van der Waals surface area contributed by atoms with Crippen molar-refractivity contribution in [3.63, 3.8) is 0 Å². The quantitative estimate of drug-likeness (QED) is 0.832. The molecule has 0 radical (unpaired) electrons. The number of benzene rings is 1. The standard InChI is InChI=1S/C19H27N3O/c1-7-21-15(6)18(12-20-21)16-10-8-9-11-17(16)19(23)22(13(2)3)14(4)5/h8-14H,7H2,1-6H3. The fourth-order valence-corrected chi connectivity index (χ4v) is 3.14. The topological polar surface area (TPSA) is 38.1 Å². The fraction of sp³-hybridized carbons (Fsp3) is 0.474. The summed E-state index contributed by atoms with van der Waals surface area (Å²) in [5.74, 6) is 0.0780. The number of nitrogens with zero attached hydrogens (tertiary/aromatic N) is 3. The summed E-state index contributed by atoms with van der Waals surface area (Å²) in [5.41, 5.74) is 3.83. The summed E-state index contributed by atoms with van der Waals surface area (Å²) in [7, 11) is 0. The van der Waals surface area contributed by atoms with Gasteiger partial charge in [-0.3, -0.25) is 9.48 Å². The second kappa shape index (κ2) is 6.99. The minimum Gasteiger partial charge on any atom is -0.334 e. The molecule has 23 heavy (non-hydrogen) atoms. The lowest BCUT2D eigenvalue weighted by Crippen LogP contribution is -2.42. The monoisotopic (exact) mass is 313 g/mol. The van der Waals surface area contributed by atoms with Gasteiger partial charge in [-0.1, -0.05) is 18.2 Å². The second-order valence-electron chi connectivity index (χ2n) is 6.40. The van der Waals surface area contributed by atoms with Gasteiger partial charge in [0.15, 0.2) is 0 Å². The molecule has 0 saturated carbocycles. The SMILES string of the molecule is CCn1ncc(-c2ccccc2C(=O)N(C(C)C)C(C)C)c1C. The van der Waals surface area contributed by atoms with Gasteiger partial charge in [0.05, 0.1) is 6.20 Å². The number of hydrogen-bond donors (Lipinski definition) is 0. The normalized spacial score (nSPS) is 11.3. The lowest BCUT2D eigenvalue weighted by molar-refractivity contribution is 0.0644. The van der Waals surface area contributed by atoms with Gasteiger partial charge in [0.1, 0.15) is 0 Å². The van der Waals surface area contributed by atoms with Gasteiger partial charge < -0.3 is 4.90 Å². The number of aryl methyl sites for hydroxylation is 1. The third-order valence-electron chi connectivity index (χ3n) is 4.20. The van der Waals surface area contributed by atoms with Crippen LogP contribution in [-0.2, 0) is 6.54 Å². The predicted octanol–water partition coefficient (Wildman–Crippen LogP) is 4.14. The molecule has 0 atom stereocenters. The molecule has 1 aromatic heterocycles. The Morgan fingerprint density at radius 1 is 1.13 bits per heavy atom. The molecule has 1 aromatic carbocycles. The van der Waals surface area contributed by atoms with Crippen LogP contribution in [0, 0.1) is 6.92 Å². The third-order valence-corrected chi connectivity index (χ3v) is 4.20. The molecule has 124 valence electrons. The average Bonchev–Trinajstić information content (AvgIpc) is 2.87. The van der Waals surface area contributed by atoms with Gasteiger partial charge in [-0.25, -0.2) is 0 Å². The molecule has 0 saturated heterocycles. The van der Waals surface area contributed by atoms with Crippen LogP contribution >= 0.6 is 0 Å². The maximum atomic E-state index is 13.1. The highest BCUT2D eigenvalue weighted by Crippen LogP contribution is 2.28. The van der Waals surface area contributed by atoms with Crippen LogP contribution in [0.3, 0.4) is 0 Å². The van der Waals surface area contributed by atoms with E-state index in [0.717, 1.165) is 28.9 Å². The van der Waals surface area contributed by atoms with Crippen molar-refractivity contribution in [2.24, 2.45) is 0 Å². The summed E-state index contributed by atoms with van der Waals surface area (Å²) >= 11 is 0. The molecule has 2 aromatic rings. The van der Waals surface area contributed by atoms with Crippen molar-refractivity contribution in [2.75, 3.05) is 0 Å². The summed E-state index contributed by atoms with van der Waals surface area (Å²) in [6.07, 6.45) is 1.86. The van der Waals surface area contributed by atoms with E-state index in [1.54, 1.807) is 0 Å². The van der Waals surface area contributed by atoms with Crippen LogP contribution in [0.1, 0.15) is 50.7 Å². The van der Waals surface area contributed by atoms with Crippen LogP contribution < -0.4 is 0 Å². The van der Waals surface area contributed by atoms with Gasteiger partial charge in [-0.15, -0.1) is 0 Å². The number of rotatable bonds is 5. The minimum absolute atomic E-state index is 0.0780. The summed E-state index contributed by atoms with van der Waals surface area (Å²) in [4.78, 5) is 15.0. The fourth-order valence-electron chi connectivity index (χ4n) is 3.14. The van der Waals surface area contributed by atoms with Crippen LogP contribution in [0.5, 0.6) is 0 Å². The molecule has 0 aliphatic rings. The van der Waals surface area contributed by atoms with Gasteiger partial charge in [-0.05, 0) is 53.2 Å². The van der Waals surface area contributed by atoms with Crippen LogP contribution in [-0.4, -0.2) is 32.7 Å². The number of amides is 1. The molecule has 0 N–H and O–H groups in total.